The summed E-state index contributed by atoms with van der Waals surface area (Å²) in [6, 6.07) is 6.98. The monoisotopic (exact) mass is 252 g/mol. The average Bonchev–Trinajstić information content (AvgIpc) is 2.28. The summed E-state index contributed by atoms with van der Waals surface area (Å²) in [4.78, 5) is 12.3. The molecule has 0 aliphatic rings. The van der Waals surface area contributed by atoms with Crippen molar-refractivity contribution in [3.05, 3.63) is 29.8 Å². The number of amides is 1. The molecule has 0 bridgehead atoms. The van der Waals surface area contributed by atoms with Crippen LogP contribution in [-0.2, 0) is 0 Å². The predicted octanol–water partition coefficient (Wildman–Crippen LogP) is 1.49. The molecule has 92 valence electrons. The molecule has 1 aromatic carbocycles. The fraction of sp³-hybridized carbons (Fsp3) is 0.333. The van der Waals surface area contributed by atoms with Crippen molar-refractivity contribution in [3.8, 4) is 5.75 Å². The van der Waals surface area contributed by atoms with Crippen molar-refractivity contribution in [2.45, 2.75) is 19.4 Å². The zero-order valence-corrected chi connectivity index (χ0v) is 10.9. The number of carbonyl (C=O) groups excluding carboxylic acids is 1. The number of nitrogens with one attached hydrogen (secondary N) is 1. The fourth-order valence-electron chi connectivity index (χ4n) is 1.24. The molecule has 0 aliphatic carbocycles. The van der Waals surface area contributed by atoms with Gasteiger partial charge in [0.25, 0.3) is 5.91 Å². The van der Waals surface area contributed by atoms with Crippen LogP contribution >= 0.6 is 12.2 Å². The number of para-hydroxylation sites is 1. The van der Waals surface area contributed by atoms with Gasteiger partial charge < -0.3 is 15.8 Å². The second-order valence-electron chi connectivity index (χ2n) is 4.14. The predicted molar refractivity (Wildman–Crippen MR) is 71.3 cm³/mol. The van der Waals surface area contributed by atoms with Crippen LogP contribution in [0.25, 0.3) is 0 Å². The number of hydrogen-bond acceptors (Lipinski definition) is 3. The van der Waals surface area contributed by atoms with E-state index in [0.29, 0.717) is 11.3 Å². The Morgan fingerprint density at radius 2 is 2.00 bits per heavy atom. The Morgan fingerprint density at radius 1 is 1.41 bits per heavy atom. The molecule has 0 spiro atoms. The zero-order valence-electron chi connectivity index (χ0n) is 10.1. The van der Waals surface area contributed by atoms with Crippen molar-refractivity contribution in [2.75, 3.05) is 7.11 Å². The molecule has 3 N–H and O–H groups in total. The number of methoxy groups -OCH3 is 1. The van der Waals surface area contributed by atoms with E-state index in [1.54, 1.807) is 38.1 Å². The summed E-state index contributed by atoms with van der Waals surface area (Å²) in [5, 5.41) is 2.76. The summed E-state index contributed by atoms with van der Waals surface area (Å²) in [6.45, 7) is 3.51. The molecule has 0 saturated carbocycles. The highest BCUT2D eigenvalue weighted by Gasteiger charge is 2.25. The van der Waals surface area contributed by atoms with Gasteiger partial charge in [-0.25, -0.2) is 0 Å². The van der Waals surface area contributed by atoms with Crippen LogP contribution in [-0.4, -0.2) is 23.5 Å². The summed E-state index contributed by atoms with van der Waals surface area (Å²) in [5.74, 6) is 0.254. The summed E-state index contributed by atoms with van der Waals surface area (Å²) in [6.07, 6.45) is 0. The maximum Gasteiger partial charge on any atom is 0.255 e. The molecule has 0 fully saturated rings. The molecule has 5 heteroatoms. The lowest BCUT2D eigenvalue weighted by Crippen LogP contribution is -2.52. The molecule has 1 aromatic rings. The van der Waals surface area contributed by atoms with Gasteiger partial charge >= 0.3 is 0 Å². The third kappa shape index (κ3) is 3.17. The Morgan fingerprint density at radius 3 is 2.53 bits per heavy atom. The summed E-state index contributed by atoms with van der Waals surface area (Å²) >= 11 is 4.89. The van der Waals surface area contributed by atoms with Crippen LogP contribution in [0.3, 0.4) is 0 Å². The van der Waals surface area contributed by atoms with E-state index < -0.39 is 5.54 Å². The van der Waals surface area contributed by atoms with Crippen LogP contribution in [0.5, 0.6) is 5.75 Å². The van der Waals surface area contributed by atoms with Gasteiger partial charge in [0.1, 0.15) is 5.75 Å². The molecule has 0 aliphatic heterocycles. The number of thiocarbonyl (C=S) groups is 1. The van der Waals surface area contributed by atoms with Gasteiger partial charge in [-0.15, -0.1) is 0 Å². The lowest BCUT2D eigenvalue weighted by Gasteiger charge is -2.25. The van der Waals surface area contributed by atoms with Gasteiger partial charge in [0.15, 0.2) is 0 Å². The van der Waals surface area contributed by atoms with Gasteiger partial charge in [0, 0.05) is 0 Å². The highest BCUT2D eigenvalue weighted by molar-refractivity contribution is 7.80. The topological polar surface area (TPSA) is 64.3 Å². The smallest absolute Gasteiger partial charge is 0.255 e. The Kier molecular flexibility index (Phi) is 4.07. The molecule has 0 heterocycles. The number of rotatable bonds is 4. The summed E-state index contributed by atoms with van der Waals surface area (Å²) in [7, 11) is 1.52. The molecule has 0 aromatic heterocycles. The second-order valence-corrected chi connectivity index (χ2v) is 4.58. The lowest BCUT2D eigenvalue weighted by atomic mass is 10.0. The molecule has 0 atom stereocenters. The van der Waals surface area contributed by atoms with Crippen molar-refractivity contribution in [1.29, 1.82) is 0 Å². The number of ether oxygens (including phenoxy) is 1. The molecular formula is C12H16N2O2S. The Balaban J connectivity index is 2.94. The first-order valence-corrected chi connectivity index (χ1v) is 5.54. The Bertz CT molecular complexity index is 444. The molecule has 1 amide bonds. The lowest BCUT2D eigenvalue weighted by molar-refractivity contribution is 0.0929. The number of benzene rings is 1. The number of nitrogens with two attached hydrogens (primary N) is 1. The maximum absolute atomic E-state index is 12.0. The van der Waals surface area contributed by atoms with E-state index in [4.69, 9.17) is 22.7 Å². The van der Waals surface area contributed by atoms with Crippen LogP contribution in [0.15, 0.2) is 24.3 Å². The van der Waals surface area contributed by atoms with Crippen molar-refractivity contribution in [3.63, 3.8) is 0 Å². The zero-order chi connectivity index (χ0) is 13.1. The van der Waals surface area contributed by atoms with Gasteiger partial charge in [-0.05, 0) is 26.0 Å². The number of hydrogen-bond donors (Lipinski definition) is 2. The van der Waals surface area contributed by atoms with Crippen LogP contribution in [0, 0.1) is 0 Å². The van der Waals surface area contributed by atoms with Crippen molar-refractivity contribution in [1.82, 2.24) is 5.32 Å². The normalized spacial score (nSPS) is 10.8. The maximum atomic E-state index is 12.0. The quantitative estimate of drug-likeness (QED) is 0.797. The van der Waals surface area contributed by atoms with Gasteiger partial charge in [-0.1, -0.05) is 24.4 Å². The largest absolute Gasteiger partial charge is 0.496 e. The Hall–Kier alpha value is -1.62. The molecule has 1 rings (SSSR count). The van der Waals surface area contributed by atoms with E-state index in [1.165, 1.54) is 7.11 Å². The molecule has 0 radical (unpaired) electrons. The minimum atomic E-state index is -0.729. The van der Waals surface area contributed by atoms with Crippen LogP contribution < -0.4 is 15.8 Å². The van der Waals surface area contributed by atoms with Crippen LogP contribution in [0.1, 0.15) is 24.2 Å². The highest BCUT2D eigenvalue weighted by atomic mass is 32.1. The van der Waals surface area contributed by atoms with E-state index in [2.05, 4.69) is 5.32 Å². The highest BCUT2D eigenvalue weighted by Crippen LogP contribution is 2.18. The minimum Gasteiger partial charge on any atom is -0.496 e. The van der Waals surface area contributed by atoms with Crippen molar-refractivity contribution < 1.29 is 9.53 Å². The average molecular weight is 252 g/mol. The van der Waals surface area contributed by atoms with Crippen molar-refractivity contribution in [2.24, 2.45) is 5.73 Å². The van der Waals surface area contributed by atoms with Gasteiger partial charge in [0.05, 0.1) is 23.2 Å². The third-order valence-corrected chi connectivity index (χ3v) is 2.90. The molecule has 17 heavy (non-hydrogen) atoms. The Labute approximate surface area is 106 Å². The van der Waals surface area contributed by atoms with Gasteiger partial charge in [0.2, 0.25) is 0 Å². The molecular weight excluding hydrogens is 236 g/mol. The summed E-state index contributed by atoms with van der Waals surface area (Å²) in [5.41, 5.74) is 5.28. The fourth-order valence-corrected chi connectivity index (χ4v) is 1.30. The molecule has 4 nitrogen and oxygen atoms in total. The second kappa shape index (κ2) is 5.14. The molecule has 0 saturated heterocycles. The van der Waals surface area contributed by atoms with Crippen LogP contribution in [0.4, 0.5) is 0 Å². The summed E-state index contributed by atoms with van der Waals surface area (Å²) < 4.78 is 5.12. The third-order valence-electron chi connectivity index (χ3n) is 2.39. The first-order chi connectivity index (χ1) is 7.88. The van der Waals surface area contributed by atoms with Crippen molar-refractivity contribution >= 4 is 23.1 Å². The van der Waals surface area contributed by atoms with Gasteiger partial charge in [-0.2, -0.15) is 0 Å². The SMILES string of the molecule is COc1ccccc1C(=O)NC(C)(C)C(N)=S. The minimum absolute atomic E-state index is 0.237. The van der Waals surface area contributed by atoms with E-state index in [1.807, 2.05) is 0 Å². The molecule has 0 unspecified atom stereocenters. The number of carbonyl (C=O) groups is 1. The van der Waals surface area contributed by atoms with E-state index in [0.717, 1.165) is 0 Å². The van der Waals surface area contributed by atoms with E-state index in [9.17, 15) is 4.79 Å². The van der Waals surface area contributed by atoms with E-state index >= 15 is 0 Å². The standard InChI is InChI=1S/C12H16N2O2S/c1-12(2,11(13)17)14-10(15)8-6-4-5-7-9(8)16-3/h4-7H,1-3H3,(H2,13,17)(H,14,15). The van der Waals surface area contributed by atoms with Crippen LogP contribution in [0.2, 0.25) is 0 Å². The first kappa shape index (κ1) is 13.4. The van der Waals surface area contributed by atoms with Gasteiger partial charge in [-0.3, -0.25) is 4.79 Å². The van der Waals surface area contributed by atoms with E-state index in [-0.39, 0.29) is 10.9 Å². The first-order valence-electron chi connectivity index (χ1n) is 5.14.